The number of hydrogen-bond acceptors (Lipinski definition) is 8. The minimum atomic E-state index is -4.53. The van der Waals surface area contributed by atoms with Gasteiger partial charge in [-0.15, -0.1) is 5.10 Å². The summed E-state index contributed by atoms with van der Waals surface area (Å²) in [6.45, 7) is 4.51. The quantitative estimate of drug-likeness (QED) is 0.270. The highest BCUT2D eigenvalue weighted by Crippen LogP contribution is 2.33. The Morgan fingerprint density at radius 1 is 1.08 bits per heavy atom. The maximum Gasteiger partial charge on any atom is 0.417 e. The lowest BCUT2D eigenvalue weighted by molar-refractivity contribution is -0.137. The molecule has 0 spiro atoms. The number of rotatable bonds is 8. The summed E-state index contributed by atoms with van der Waals surface area (Å²) in [7, 11) is 1.53. The van der Waals surface area contributed by atoms with Crippen molar-refractivity contribution in [3.8, 4) is 11.6 Å². The molecule has 0 amide bonds. The molecule has 2 aromatic carbocycles. The Morgan fingerprint density at radius 3 is 2.62 bits per heavy atom. The molecule has 1 aliphatic rings. The van der Waals surface area contributed by atoms with Gasteiger partial charge in [0.05, 0.1) is 17.0 Å². The van der Waals surface area contributed by atoms with Crippen molar-refractivity contribution in [1.82, 2.24) is 15.2 Å². The third-order valence-corrected chi connectivity index (χ3v) is 6.09. The predicted octanol–water partition coefficient (Wildman–Crippen LogP) is 5.94. The van der Waals surface area contributed by atoms with Crippen LogP contribution in [0.3, 0.4) is 0 Å². The van der Waals surface area contributed by atoms with Crippen molar-refractivity contribution in [2.75, 3.05) is 24.4 Å². The first-order chi connectivity index (χ1) is 18.8. The summed E-state index contributed by atoms with van der Waals surface area (Å²) >= 11 is 0. The van der Waals surface area contributed by atoms with Crippen LogP contribution in [-0.2, 0) is 17.3 Å². The van der Waals surface area contributed by atoms with Gasteiger partial charge in [-0.3, -0.25) is 9.98 Å². The second-order valence-electron chi connectivity index (χ2n) is 8.82. The zero-order valence-electron chi connectivity index (χ0n) is 21.0. The molecule has 0 fully saturated rings. The van der Waals surface area contributed by atoms with Crippen LogP contribution in [0.2, 0.25) is 0 Å². The van der Waals surface area contributed by atoms with E-state index in [2.05, 4.69) is 32.4 Å². The molecule has 11 heteroatoms. The number of nitrogens with zero attached hydrogens (tertiary/aromatic N) is 4. The Hall–Kier alpha value is -4.51. The fourth-order valence-electron chi connectivity index (χ4n) is 4.21. The Kier molecular flexibility index (Phi) is 7.42. The van der Waals surface area contributed by atoms with Gasteiger partial charge in [-0.2, -0.15) is 13.2 Å². The summed E-state index contributed by atoms with van der Waals surface area (Å²) in [6, 6.07) is 18.6. The highest BCUT2D eigenvalue weighted by Gasteiger charge is 2.32. The van der Waals surface area contributed by atoms with Gasteiger partial charge in [0, 0.05) is 36.7 Å². The summed E-state index contributed by atoms with van der Waals surface area (Å²) < 4.78 is 50.8. The van der Waals surface area contributed by atoms with Gasteiger partial charge >= 0.3 is 12.2 Å². The van der Waals surface area contributed by atoms with Crippen LogP contribution in [0.4, 0.5) is 24.9 Å². The number of aryl methyl sites for hydroxylation is 1. The number of alkyl halides is 3. The first-order valence-corrected chi connectivity index (χ1v) is 12.2. The number of aromatic nitrogens is 3. The van der Waals surface area contributed by atoms with Crippen LogP contribution < -0.4 is 10.6 Å². The van der Waals surface area contributed by atoms with Gasteiger partial charge in [-0.05, 0) is 30.5 Å². The van der Waals surface area contributed by atoms with Crippen molar-refractivity contribution in [3.05, 3.63) is 101 Å². The van der Waals surface area contributed by atoms with Gasteiger partial charge in [-0.25, -0.2) is 0 Å². The lowest BCUT2D eigenvalue weighted by Gasteiger charge is -2.15. The van der Waals surface area contributed by atoms with Gasteiger partial charge in [0.1, 0.15) is 5.69 Å². The van der Waals surface area contributed by atoms with Crippen LogP contribution in [-0.4, -0.2) is 40.8 Å². The van der Waals surface area contributed by atoms with Gasteiger partial charge in [0.25, 0.3) is 5.89 Å². The summed E-state index contributed by atoms with van der Waals surface area (Å²) in [5.74, 6) is -0.0126. The zero-order chi connectivity index (χ0) is 27.4. The molecule has 2 N–H and O–H groups in total. The Labute approximate surface area is 222 Å². The lowest BCUT2D eigenvalue weighted by Crippen LogP contribution is -2.23. The van der Waals surface area contributed by atoms with Gasteiger partial charge in [0.15, 0.2) is 6.17 Å². The maximum absolute atomic E-state index is 13.3. The number of anilines is 2. The van der Waals surface area contributed by atoms with Crippen molar-refractivity contribution >= 4 is 17.4 Å². The van der Waals surface area contributed by atoms with E-state index in [1.165, 1.54) is 7.11 Å². The smallest absolute Gasteiger partial charge is 0.402 e. The van der Waals surface area contributed by atoms with E-state index in [4.69, 9.17) is 14.1 Å². The van der Waals surface area contributed by atoms with E-state index >= 15 is 0 Å². The number of nitrogens with one attached hydrogen (secondary N) is 2. The molecule has 2 aromatic heterocycles. The van der Waals surface area contributed by atoms with Crippen LogP contribution in [0.5, 0.6) is 0 Å². The highest BCUT2D eigenvalue weighted by molar-refractivity contribution is 6.16. The van der Waals surface area contributed by atoms with E-state index in [0.29, 0.717) is 24.3 Å². The molecule has 0 radical (unpaired) electrons. The minimum Gasteiger partial charge on any atom is -0.402 e. The molecule has 0 unspecified atom stereocenters. The third-order valence-electron chi connectivity index (χ3n) is 6.09. The van der Waals surface area contributed by atoms with Gasteiger partial charge in [-0.1, -0.05) is 60.2 Å². The normalized spacial score (nSPS) is 15.2. The van der Waals surface area contributed by atoms with Crippen LogP contribution in [0.1, 0.15) is 28.7 Å². The molecule has 0 saturated heterocycles. The number of halogens is 3. The van der Waals surface area contributed by atoms with E-state index in [-0.39, 0.29) is 24.0 Å². The fourth-order valence-corrected chi connectivity index (χ4v) is 4.21. The Balaban J connectivity index is 1.46. The van der Waals surface area contributed by atoms with Crippen molar-refractivity contribution in [3.63, 3.8) is 0 Å². The molecule has 5 rings (SSSR count). The second kappa shape index (κ2) is 11.1. The first-order valence-electron chi connectivity index (χ1n) is 12.2. The second-order valence-corrected chi connectivity index (χ2v) is 8.82. The number of fused-ring (bicyclic) bond motifs is 1. The SMILES string of the molecule is C=C1Nc2ccccc2C(c2ccccc2)=N[C@@H]1Nc1nnc(-c2ncc(C(F)(F)F)cc2CCCOC)o1. The summed E-state index contributed by atoms with van der Waals surface area (Å²) in [5, 5.41) is 14.5. The van der Waals surface area contributed by atoms with Crippen LogP contribution >= 0.6 is 0 Å². The number of ether oxygens (including phenoxy) is 1. The molecule has 4 aromatic rings. The number of hydrogen-bond donors (Lipinski definition) is 2. The van der Waals surface area contributed by atoms with Crippen LogP contribution in [0.15, 0.2) is 88.5 Å². The fraction of sp³-hybridized carbons (Fsp3) is 0.214. The van der Waals surface area contributed by atoms with E-state index in [0.717, 1.165) is 34.8 Å². The molecule has 1 aliphatic heterocycles. The molecule has 0 bridgehead atoms. The topological polar surface area (TPSA) is 97.5 Å². The number of benzodiazepines with no additional fused rings is 1. The number of benzene rings is 2. The molecule has 0 aliphatic carbocycles. The average molecular weight is 535 g/mol. The molecule has 0 saturated carbocycles. The summed E-state index contributed by atoms with van der Waals surface area (Å²) in [6.07, 6.45) is -3.67. The van der Waals surface area contributed by atoms with Crippen molar-refractivity contribution < 1.29 is 22.3 Å². The predicted molar refractivity (Wildman–Crippen MR) is 141 cm³/mol. The zero-order valence-corrected chi connectivity index (χ0v) is 21.0. The molecular formula is C28H25F3N6O2. The third kappa shape index (κ3) is 5.83. The van der Waals surface area contributed by atoms with E-state index in [1.54, 1.807) is 0 Å². The van der Waals surface area contributed by atoms with Crippen molar-refractivity contribution in [2.24, 2.45) is 4.99 Å². The van der Waals surface area contributed by atoms with Crippen molar-refractivity contribution in [1.29, 1.82) is 0 Å². The van der Waals surface area contributed by atoms with Gasteiger partial charge in [0.2, 0.25) is 0 Å². The summed E-state index contributed by atoms with van der Waals surface area (Å²) in [4.78, 5) is 8.93. The number of methoxy groups -OCH3 is 1. The molecule has 39 heavy (non-hydrogen) atoms. The highest BCUT2D eigenvalue weighted by atomic mass is 19.4. The molecule has 200 valence electrons. The van der Waals surface area contributed by atoms with Gasteiger partial charge < -0.3 is 19.8 Å². The minimum absolute atomic E-state index is 0.0126. The van der Waals surface area contributed by atoms with E-state index in [9.17, 15) is 13.2 Å². The van der Waals surface area contributed by atoms with Crippen molar-refractivity contribution in [2.45, 2.75) is 25.2 Å². The monoisotopic (exact) mass is 534 g/mol. The van der Waals surface area contributed by atoms with Crippen LogP contribution in [0.25, 0.3) is 11.6 Å². The average Bonchev–Trinajstić information content (AvgIpc) is 3.34. The lowest BCUT2D eigenvalue weighted by atomic mass is 10.0. The molecule has 1 atom stereocenters. The molecule has 3 heterocycles. The number of para-hydroxylation sites is 1. The Bertz CT molecular complexity index is 1500. The van der Waals surface area contributed by atoms with E-state index < -0.39 is 17.9 Å². The van der Waals surface area contributed by atoms with E-state index in [1.807, 2.05) is 54.6 Å². The Morgan fingerprint density at radius 2 is 1.85 bits per heavy atom. The largest absolute Gasteiger partial charge is 0.417 e. The standard InChI is InChI=1S/C28H25F3N6O2/c1-17-25(34-23(18-9-4-3-5-10-18)21-12-6-7-13-22(21)33-17)35-27-37-36-26(39-27)24-19(11-8-14-38-2)15-20(16-32-24)28(29,30)31/h3-7,9-10,12-13,15-16,25,33H,1,8,11,14H2,2H3,(H,35,37)/t25-/m1/s1. The molecular weight excluding hydrogens is 509 g/mol. The first kappa shape index (κ1) is 26.1. The summed E-state index contributed by atoms with van der Waals surface area (Å²) in [5.41, 5.74) is 3.59. The molecule has 8 nitrogen and oxygen atoms in total. The number of pyridine rings is 1. The van der Waals surface area contributed by atoms with Crippen LogP contribution in [0, 0.1) is 0 Å². The maximum atomic E-state index is 13.3. The number of aliphatic imine (C=N–C) groups is 1.